The first kappa shape index (κ1) is 11.5. The Kier molecular flexibility index (Phi) is 2.76. The van der Waals surface area contributed by atoms with Gasteiger partial charge in [0.15, 0.2) is 0 Å². The van der Waals surface area contributed by atoms with E-state index >= 15 is 0 Å². The lowest BCUT2D eigenvalue weighted by Gasteiger charge is -2.05. The number of benzene rings is 1. The predicted molar refractivity (Wildman–Crippen MR) is 51.2 cm³/mol. The van der Waals surface area contributed by atoms with E-state index in [2.05, 4.69) is 0 Å². The zero-order valence-electron chi connectivity index (χ0n) is 8.09. The third-order valence-electron chi connectivity index (χ3n) is 1.98. The van der Waals surface area contributed by atoms with Gasteiger partial charge < -0.3 is 10.2 Å². The van der Waals surface area contributed by atoms with Crippen molar-refractivity contribution in [1.82, 2.24) is 0 Å². The molecule has 0 radical (unpaired) electrons. The third kappa shape index (κ3) is 1.64. The fourth-order valence-electron chi connectivity index (χ4n) is 1.32. The Labute approximate surface area is 89.3 Å². The molecule has 0 heterocycles. The number of carboxylic acid groups (broad SMARTS) is 1. The molecule has 0 saturated carbocycles. The standard InChI is InChI=1S/C9H6N2O5/c1-4-2-5(3-10)6(9(13)14)8(12)7(4)11(15)16/h2,12H,1H3,(H,13,14). The molecule has 0 spiro atoms. The number of nitrogens with zero attached hydrogens (tertiary/aromatic N) is 2. The molecule has 0 amide bonds. The van der Waals surface area contributed by atoms with Gasteiger partial charge in [0.1, 0.15) is 11.6 Å². The average molecular weight is 222 g/mol. The number of nitro groups is 1. The first-order chi connectivity index (χ1) is 7.40. The van der Waals surface area contributed by atoms with E-state index in [1.807, 2.05) is 0 Å². The van der Waals surface area contributed by atoms with E-state index < -0.39 is 27.9 Å². The van der Waals surface area contributed by atoms with Crippen molar-refractivity contribution >= 4 is 11.7 Å². The third-order valence-corrected chi connectivity index (χ3v) is 1.98. The number of carbonyl (C=O) groups is 1. The van der Waals surface area contributed by atoms with E-state index in [1.165, 1.54) is 6.92 Å². The molecule has 2 N–H and O–H groups in total. The van der Waals surface area contributed by atoms with Crippen LogP contribution in [0.25, 0.3) is 0 Å². The number of carboxylic acids is 1. The maximum atomic E-state index is 10.8. The quantitative estimate of drug-likeness (QED) is 0.571. The summed E-state index contributed by atoms with van der Waals surface area (Å²) in [6, 6.07) is 2.62. The summed E-state index contributed by atoms with van der Waals surface area (Å²) in [5.74, 6) is -2.58. The average Bonchev–Trinajstić information content (AvgIpc) is 2.14. The number of rotatable bonds is 2. The van der Waals surface area contributed by atoms with Gasteiger partial charge in [-0.1, -0.05) is 0 Å². The van der Waals surface area contributed by atoms with Crippen LogP contribution < -0.4 is 0 Å². The van der Waals surface area contributed by atoms with Crippen LogP contribution >= 0.6 is 0 Å². The van der Waals surface area contributed by atoms with E-state index in [9.17, 15) is 20.0 Å². The molecule has 0 bridgehead atoms. The number of nitro benzene ring substituents is 1. The highest BCUT2D eigenvalue weighted by Crippen LogP contribution is 2.35. The van der Waals surface area contributed by atoms with Crippen LogP contribution in [0.5, 0.6) is 5.75 Å². The molecule has 82 valence electrons. The van der Waals surface area contributed by atoms with Crippen molar-refractivity contribution in [2.75, 3.05) is 0 Å². The number of nitriles is 1. The summed E-state index contributed by atoms with van der Waals surface area (Å²) in [7, 11) is 0. The van der Waals surface area contributed by atoms with Gasteiger partial charge in [-0.25, -0.2) is 4.79 Å². The number of phenols is 1. The SMILES string of the molecule is Cc1cc(C#N)c(C(=O)O)c(O)c1[N+](=O)[O-]. The summed E-state index contributed by atoms with van der Waals surface area (Å²) in [4.78, 5) is 20.5. The first-order valence-electron chi connectivity index (χ1n) is 4.04. The lowest BCUT2D eigenvalue weighted by molar-refractivity contribution is -0.386. The second kappa shape index (κ2) is 3.86. The molecule has 1 aromatic rings. The van der Waals surface area contributed by atoms with Crippen LogP contribution in [0.1, 0.15) is 21.5 Å². The summed E-state index contributed by atoms with van der Waals surface area (Å²) in [6.07, 6.45) is 0. The van der Waals surface area contributed by atoms with E-state index in [1.54, 1.807) is 6.07 Å². The van der Waals surface area contributed by atoms with Crippen LogP contribution in [-0.4, -0.2) is 21.1 Å². The Hall–Kier alpha value is -2.62. The molecule has 1 aromatic carbocycles. The van der Waals surface area contributed by atoms with Crippen LogP contribution in [0.15, 0.2) is 6.07 Å². The maximum absolute atomic E-state index is 10.8. The van der Waals surface area contributed by atoms with Gasteiger partial charge >= 0.3 is 11.7 Å². The molecule has 0 fully saturated rings. The molecule has 7 heteroatoms. The molecule has 0 unspecified atom stereocenters. The zero-order valence-corrected chi connectivity index (χ0v) is 8.09. The van der Waals surface area contributed by atoms with E-state index in [0.717, 1.165) is 6.07 Å². The Bertz CT molecular complexity index is 530. The molecule has 0 aromatic heterocycles. The molecular formula is C9H6N2O5. The largest absolute Gasteiger partial charge is 0.501 e. The number of hydrogen-bond donors (Lipinski definition) is 2. The maximum Gasteiger partial charge on any atom is 0.341 e. The lowest BCUT2D eigenvalue weighted by Crippen LogP contribution is -2.04. The molecular weight excluding hydrogens is 216 g/mol. The molecule has 0 atom stereocenters. The Balaban J connectivity index is 3.74. The number of aromatic carboxylic acids is 1. The number of aromatic hydroxyl groups is 1. The Morgan fingerprint density at radius 3 is 2.56 bits per heavy atom. The Morgan fingerprint density at radius 1 is 1.62 bits per heavy atom. The minimum absolute atomic E-state index is 0.0315. The van der Waals surface area contributed by atoms with Gasteiger partial charge in [-0.2, -0.15) is 5.26 Å². The molecule has 0 aliphatic rings. The van der Waals surface area contributed by atoms with E-state index in [-0.39, 0.29) is 11.1 Å². The fourth-order valence-corrected chi connectivity index (χ4v) is 1.32. The zero-order chi connectivity index (χ0) is 12.5. The molecule has 0 aliphatic heterocycles. The predicted octanol–water partition coefficient (Wildman–Crippen LogP) is 1.18. The minimum Gasteiger partial charge on any atom is -0.501 e. The lowest BCUT2D eigenvalue weighted by atomic mass is 10.0. The van der Waals surface area contributed by atoms with Gasteiger partial charge in [0.2, 0.25) is 5.75 Å². The summed E-state index contributed by atoms with van der Waals surface area (Å²) >= 11 is 0. The van der Waals surface area contributed by atoms with Crippen molar-refractivity contribution < 1.29 is 19.9 Å². The summed E-state index contributed by atoms with van der Waals surface area (Å²) in [5.41, 5.74) is -1.73. The van der Waals surface area contributed by atoms with Crippen molar-refractivity contribution in [2.24, 2.45) is 0 Å². The fraction of sp³-hybridized carbons (Fsp3) is 0.111. The molecule has 1 rings (SSSR count). The second-order valence-corrected chi connectivity index (χ2v) is 2.99. The topological polar surface area (TPSA) is 124 Å². The van der Waals surface area contributed by atoms with Crippen LogP contribution in [-0.2, 0) is 0 Å². The minimum atomic E-state index is -1.59. The normalized spacial score (nSPS) is 9.50. The van der Waals surface area contributed by atoms with Crippen LogP contribution in [0.3, 0.4) is 0 Å². The van der Waals surface area contributed by atoms with Gasteiger partial charge in [0.25, 0.3) is 0 Å². The second-order valence-electron chi connectivity index (χ2n) is 2.99. The van der Waals surface area contributed by atoms with Gasteiger partial charge in [-0.05, 0) is 13.0 Å². The van der Waals surface area contributed by atoms with Gasteiger partial charge in [-0.15, -0.1) is 0 Å². The van der Waals surface area contributed by atoms with Crippen LogP contribution in [0.2, 0.25) is 0 Å². The van der Waals surface area contributed by atoms with Crippen molar-refractivity contribution in [2.45, 2.75) is 6.92 Å². The first-order valence-corrected chi connectivity index (χ1v) is 4.04. The van der Waals surface area contributed by atoms with Crippen molar-refractivity contribution in [3.8, 4) is 11.8 Å². The highest BCUT2D eigenvalue weighted by molar-refractivity contribution is 5.95. The Morgan fingerprint density at radius 2 is 2.19 bits per heavy atom. The van der Waals surface area contributed by atoms with Gasteiger partial charge in [0.05, 0.1) is 10.5 Å². The van der Waals surface area contributed by atoms with Gasteiger partial charge in [0, 0.05) is 5.56 Å². The summed E-state index contributed by atoms with van der Waals surface area (Å²) in [6.45, 7) is 1.31. The van der Waals surface area contributed by atoms with E-state index in [4.69, 9.17) is 10.4 Å². The number of aryl methyl sites for hydroxylation is 1. The summed E-state index contributed by atoms with van der Waals surface area (Å²) < 4.78 is 0. The van der Waals surface area contributed by atoms with Gasteiger partial charge in [-0.3, -0.25) is 10.1 Å². The summed E-state index contributed by atoms with van der Waals surface area (Å²) in [5, 5.41) is 37.4. The van der Waals surface area contributed by atoms with Crippen molar-refractivity contribution in [3.63, 3.8) is 0 Å². The molecule has 16 heavy (non-hydrogen) atoms. The van der Waals surface area contributed by atoms with E-state index in [0.29, 0.717) is 0 Å². The molecule has 0 aliphatic carbocycles. The molecule has 0 saturated heterocycles. The number of hydrogen-bond acceptors (Lipinski definition) is 5. The van der Waals surface area contributed by atoms with Crippen molar-refractivity contribution in [1.29, 1.82) is 5.26 Å². The van der Waals surface area contributed by atoms with Crippen LogP contribution in [0.4, 0.5) is 5.69 Å². The highest BCUT2D eigenvalue weighted by atomic mass is 16.6. The smallest absolute Gasteiger partial charge is 0.341 e. The van der Waals surface area contributed by atoms with Crippen LogP contribution in [0, 0.1) is 28.4 Å². The molecule has 7 nitrogen and oxygen atoms in total. The highest BCUT2D eigenvalue weighted by Gasteiger charge is 2.27. The monoisotopic (exact) mass is 222 g/mol. The van der Waals surface area contributed by atoms with Crippen molar-refractivity contribution in [3.05, 3.63) is 32.9 Å².